The van der Waals surface area contributed by atoms with Crippen molar-refractivity contribution in [2.45, 2.75) is 25.2 Å². The van der Waals surface area contributed by atoms with Crippen molar-refractivity contribution in [3.8, 4) is 0 Å². The van der Waals surface area contributed by atoms with Crippen LogP contribution in [-0.2, 0) is 16.4 Å². The van der Waals surface area contributed by atoms with Crippen molar-refractivity contribution in [2.75, 3.05) is 4.72 Å². The first-order chi connectivity index (χ1) is 10.5. The Bertz CT molecular complexity index is 913. The molecule has 0 unspecified atom stereocenters. The number of nitrogens with zero attached hydrogens (tertiary/aromatic N) is 1. The van der Waals surface area contributed by atoms with Gasteiger partial charge >= 0.3 is 0 Å². The van der Waals surface area contributed by atoms with Crippen molar-refractivity contribution < 1.29 is 8.42 Å². The van der Waals surface area contributed by atoms with Gasteiger partial charge < -0.3 is 0 Å². The molecule has 0 saturated carbocycles. The minimum absolute atomic E-state index is 0.242. The molecular formula is C16H16N2O2S2. The molecule has 0 radical (unpaired) electrons. The first-order valence-electron chi connectivity index (χ1n) is 6.97. The third kappa shape index (κ3) is 2.98. The van der Waals surface area contributed by atoms with Gasteiger partial charge in [-0.2, -0.15) is 0 Å². The molecule has 0 saturated heterocycles. The van der Waals surface area contributed by atoms with Crippen LogP contribution in [-0.4, -0.2) is 13.4 Å². The van der Waals surface area contributed by atoms with Crippen LogP contribution in [0.3, 0.4) is 0 Å². The molecular weight excluding hydrogens is 316 g/mol. The lowest BCUT2D eigenvalue weighted by molar-refractivity contribution is 0.601. The fourth-order valence-corrected chi connectivity index (χ4v) is 4.29. The standard InChI is InChI=1S/C16H16N2O2S2/c1-3-12-6-9-14-15(10-12)21-16(17-14)18-22(19,20)13-7-4-11(2)5-8-13/h4-10H,3H2,1-2H3,(H,17,18). The molecule has 1 aromatic heterocycles. The zero-order chi connectivity index (χ0) is 15.7. The number of hydrogen-bond donors (Lipinski definition) is 1. The van der Waals surface area contributed by atoms with E-state index in [2.05, 4.69) is 22.7 Å². The van der Waals surface area contributed by atoms with Gasteiger partial charge in [-0.1, -0.05) is 42.0 Å². The lowest BCUT2D eigenvalue weighted by Crippen LogP contribution is -2.12. The molecule has 0 atom stereocenters. The number of rotatable bonds is 4. The van der Waals surface area contributed by atoms with Gasteiger partial charge in [0.2, 0.25) is 0 Å². The number of fused-ring (bicyclic) bond motifs is 1. The Kier molecular flexibility index (Phi) is 3.88. The van der Waals surface area contributed by atoms with Crippen LogP contribution in [0.5, 0.6) is 0 Å². The average molecular weight is 332 g/mol. The van der Waals surface area contributed by atoms with Crippen LogP contribution in [0.15, 0.2) is 47.4 Å². The fraction of sp³-hybridized carbons (Fsp3) is 0.188. The van der Waals surface area contributed by atoms with E-state index < -0.39 is 10.0 Å². The summed E-state index contributed by atoms with van der Waals surface area (Å²) < 4.78 is 28.3. The molecule has 1 heterocycles. The summed E-state index contributed by atoms with van der Waals surface area (Å²) in [5.74, 6) is 0. The highest BCUT2D eigenvalue weighted by atomic mass is 32.2. The quantitative estimate of drug-likeness (QED) is 0.786. The largest absolute Gasteiger partial charge is 0.263 e. The van der Waals surface area contributed by atoms with Gasteiger partial charge in [-0.25, -0.2) is 13.4 Å². The van der Waals surface area contributed by atoms with Gasteiger partial charge in [0.05, 0.1) is 15.1 Å². The van der Waals surface area contributed by atoms with Crippen molar-refractivity contribution in [3.05, 3.63) is 53.6 Å². The van der Waals surface area contributed by atoms with Crippen molar-refractivity contribution in [3.63, 3.8) is 0 Å². The van der Waals surface area contributed by atoms with Crippen LogP contribution in [0.25, 0.3) is 10.2 Å². The first-order valence-corrected chi connectivity index (χ1v) is 9.27. The molecule has 0 aliphatic heterocycles. The third-order valence-electron chi connectivity index (χ3n) is 3.41. The van der Waals surface area contributed by atoms with Crippen LogP contribution < -0.4 is 4.72 Å². The molecule has 6 heteroatoms. The molecule has 114 valence electrons. The predicted octanol–water partition coefficient (Wildman–Crippen LogP) is 3.97. The topological polar surface area (TPSA) is 59.1 Å². The minimum Gasteiger partial charge on any atom is -0.255 e. The van der Waals surface area contributed by atoms with Crippen LogP contribution in [0, 0.1) is 6.92 Å². The van der Waals surface area contributed by atoms with Crippen LogP contribution >= 0.6 is 11.3 Å². The van der Waals surface area contributed by atoms with Crippen LogP contribution in [0.1, 0.15) is 18.1 Å². The number of nitrogens with one attached hydrogen (secondary N) is 1. The van der Waals surface area contributed by atoms with Crippen molar-refractivity contribution >= 4 is 36.7 Å². The lowest BCUT2D eigenvalue weighted by atomic mass is 10.2. The number of aromatic nitrogens is 1. The Morgan fingerprint density at radius 1 is 1.14 bits per heavy atom. The third-order valence-corrected chi connectivity index (χ3v) is 5.83. The lowest BCUT2D eigenvalue weighted by Gasteiger charge is -2.04. The highest BCUT2D eigenvalue weighted by Crippen LogP contribution is 2.28. The summed E-state index contributed by atoms with van der Waals surface area (Å²) in [4.78, 5) is 4.59. The molecule has 22 heavy (non-hydrogen) atoms. The Morgan fingerprint density at radius 3 is 2.55 bits per heavy atom. The Balaban J connectivity index is 1.93. The monoisotopic (exact) mass is 332 g/mol. The average Bonchev–Trinajstić information content (AvgIpc) is 2.87. The highest BCUT2D eigenvalue weighted by molar-refractivity contribution is 7.93. The summed E-state index contributed by atoms with van der Waals surface area (Å²) in [6.45, 7) is 4.01. The number of benzene rings is 2. The maximum Gasteiger partial charge on any atom is 0.263 e. The van der Waals surface area contributed by atoms with E-state index in [4.69, 9.17) is 0 Å². The molecule has 0 aliphatic rings. The summed E-state index contributed by atoms with van der Waals surface area (Å²) in [5.41, 5.74) is 3.04. The number of aryl methyl sites for hydroxylation is 2. The van der Waals surface area contributed by atoms with E-state index >= 15 is 0 Å². The summed E-state index contributed by atoms with van der Waals surface area (Å²) in [5, 5.41) is 0.392. The second-order valence-electron chi connectivity index (χ2n) is 5.09. The Hall–Kier alpha value is -1.92. The van der Waals surface area contributed by atoms with E-state index in [1.165, 1.54) is 16.9 Å². The SMILES string of the molecule is CCc1ccc2nc(NS(=O)(=O)c3ccc(C)cc3)sc2c1. The molecule has 0 fully saturated rings. The molecule has 2 aromatic carbocycles. The summed E-state index contributed by atoms with van der Waals surface area (Å²) >= 11 is 1.35. The number of anilines is 1. The zero-order valence-electron chi connectivity index (χ0n) is 12.3. The Morgan fingerprint density at radius 2 is 1.86 bits per heavy atom. The van der Waals surface area contributed by atoms with E-state index in [9.17, 15) is 8.42 Å². The van der Waals surface area contributed by atoms with E-state index in [0.717, 1.165) is 22.2 Å². The van der Waals surface area contributed by atoms with Gasteiger partial charge in [0, 0.05) is 0 Å². The zero-order valence-corrected chi connectivity index (χ0v) is 14.0. The van der Waals surface area contributed by atoms with Gasteiger partial charge in [0.1, 0.15) is 0 Å². The maximum atomic E-state index is 12.4. The summed E-state index contributed by atoms with van der Waals surface area (Å²) in [6.07, 6.45) is 0.943. The van der Waals surface area contributed by atoms with E-state index in [-0.39, 0.29) is 4.90 Å². The van der Waals surface area contributed by atoms with Crippen LogP contribution in [0.2, 0.25) is 0 Å². The maximum absolute atomic E-state index is 12.4. The van der Waals surface area contributed by atoms with E-state index in [1.54, 1.807) is 24.3 Å². The Labute approximate surface area is 133 Å². The molecule has 0 amide bonds. The normalized spacial score (nSPS) is 11.7. The number of thiazole rings is 1. The molecule has 3 aromatic rings. The highest BCUT2D eigenvalue weighted by Gasteiger charge is 2.16. The molecule has 1 N–H and O–H groups in total. The second-order valence-corrected chi connectivity index (χ2v) is 7.81. The minimum atomic E-state index is -3.60. The van der Waals surface area contributed by atoms with Gasteiger partial charge in [-0.15, -0.1) is 0 Å². The molecule has 0 aliphatic carbocycles. The number of hydrogen-bond acceptors (Lipinski definition) is 4. The molecule has 0 bridgehead atoms. The van der Waals surface area contributed by atoms with Crippen LogP contribution in [0.4, 0.5) is 5.13 Å². The van der Waals surface area contributed by atoms with Crippen molar-refractivity contribution in [2.24, 2.45) is 0 Å². The molecule has 3 rings (SSSR count). The molecule has 4 nitrogen and oxygen atoms in total. The molecule has 0 spiro atoms. The van der Waals surface area contributed by atoms with E-state index in [1.807, 2.05) is 19.1 Å². The van der Waals surface area contributed by atoms with E-state index in [0.29, 0.717) is 5.13 Å². The van der Waals surface area contributed by atoms with Gasteiger partial charge in [-0.3, -0.25) is 4.72 Å². The van der Waals surface area contributed by atoms with Gasteiger partial charge in [0.25, 0.3) is 10.0 Å². The summed E-state index contributed by atoms with van der Waals surface area (Å²) in [6, 6.07) is 12.7. The smallest absolute Gasteiger partial charge is 0.255 e. The summed E-state index contributed by atoms with van der Waals surface area (Å²) in [7, 11) is -3.60. The number of sulfonamides is 1. The fourth-order valence-electron chi connectivity index (χ4n) is 2.12. The second kappa shape index (κ2) is 5.70. The van der Waals surface area contributed by atoms with Crippen molar-refractivity contribution in [1.82, 2.24) is 4.98 Å². The first kappa shape index (κ1) is 15.0. The van der Waals surface area contributed by atoms with Gasteiger partial charge in [0.15, 0.2) is 5.13 Å². The predicted molar refractivity (Wildman–Crippen MR) is 91.0 cm³/mol. The van der Waals surface area contributed by atoms with Crippen molar-refractivity contribution in [1.29, 1.82) is 0 Å². The van der Waals surface area contributed by atoms with Gasteiger partial charge in [-0.05, 0) is 43.2 Å².